The zero-order valence-electron chi connectivity index (χ0n) is 14.3. The number of anilines is 1. The van der Waals surface area contributed by atoms with E-state index in [0.29, 0.717) is 24.3 Å². The average molecular weight is 336 g/mol. The van der Waals surface area contributed by atoms with E-state index in [1.807, 2.05) is 36.2 Å². The first kappa shape index (κ1) is 18.0. The Labute approximate surface area is 147 Å². The van der Waals surface area contributed by atoms with Crippen LogP contribution in [-0.2, 0) is 0 Å². The first-order valence-electron chi connectivity index (χ1n) is 7.79. The van der Waals surface area contributed by atoms with Gasteiger partial charge in [0.05, 0.1) is 25.8 Å². The van der Waals surface area contributed by atoms with Gasteiger partial charge in [-0.05, 0) is 42.0 Å². The number of amides is 1. The number of methoxy groups -OCH3 is 1. The van der Waals surface area contributed by atoms with Crippen LogP contribution in [0.1, 0.15) is 22.3 Å². The van der Waals surface area contributed by atoms with Gasteiger partial charge in [0, 0.05) is 24.8 Å². The third-order valence-corrected chi connectivity index (χ3v) is 3.62. The number of rotatable bonds is 7. The Hall–Kier alpha value is -3.33. The summed E-state index contributed by atoms with van der Waals surface area (Å²) in [5, 5.41) is 12.6. The Morgan fingerprint density at radius 3 is 2.52 bits per heavy atom. The molecule has 128 valence electrons. The van der Waals surface area contributed by atoms with Gasteiger partial charge in [-0.2, -0.15) is 10.4 Å². The summed E-state index contributed by atoms with van der Waals surface area (Å²) in [7, 11) is 3.52. The van der Waals surface area contributed by atoms with Crippen molar-refractivity contribution in [2.75, 3.05) is 25.6 Å². The van der Waals surface area contributed by atoms with Gasteiger partial charge in [-0.25, -0.2) is 5.43 Å². The summed E-state index contributed by atoms with van der Waals surface area (Å²) in [4.78, 5) is 14.0. The average Bonchev–Trinajstić information content (AvgIpc) is 2.66. The maximum atomic E-state index is 12.0. The van der Waals surface area contributed by atoms with E-state index in [2.05, 4.69) is 16.6 Å². The summed E-state index contributed by atoms with van der Waals surface area (Å²) < 4.78 is 5.06. The molecule has 2 aromatic carbocycles. The summed E-state index contributed by atoms with van der Waals surface area (Å²) >= 11 is 0. The standard InChI is InChI=1S/C19H20N4O2/c1-23(13-3-12-20)17-8-4-15(5-9-17)14-21-22-19(24)16-6-10-18(25-2)11-7-16/h4-11,14H,3,13H2,1-2H3,(H,22,24)/b21-14+. The molecule has 0 bridgehead atoms. The molecule has 1 N–H and O–H groups in total. The number of nitrogens with zero attached hydrogens (tertiary/aromatic N) is 3. The highest BCUT2D eigenvalue weighted by Crippen LogP contribution is 2.13. The van der Waals surface area contributed by atoms with Crippen molar-refractivity contribution in [1.29, 1.82) is 5.26 Å². The van der Waals surface area contributed by atoms with Crippen LogP contribution in [0.15, 0.2) is 53.6 Å². The molecule has 1 amide bonds. The summed E-state index contributed by atoms with van der Waals surface area (Å²) in [6.45, 7) is 0.682. The van der Waals surface area contributed by atoms with Crippen molar-refractivity contribution in [2.24, 2.45) is 5.10 Å². The Morgan fingerprint density at radius 1 is 1.24 bits per heavy atom. The van der Waals surface area contributed by atoms with Crippen molar-refractivity contribution in [1.82, 2.24) is 5.43 Å². The number of hydrogen-bond donors (Lipinski definition) is 1. The Bertz CT molecular complexity index is 762. The highest BCUT2D eigenvalue weighted by atomic mass is 16.5. The van der Waals surface area contributed by atoms with E-state index in [4.69, 9.17) is 10.00 Å². The van der Waals surface area contributed by atoms with Gasteiger partial charge in [-0.1, -0.05) is 12.1 Å². The molecule has 0 unspecified atom stereocenters. The molecule has 2 rings (SSSR count). The lowest BCUT2D eigenvalue weighted by molar-refractivity contribution is 0.0955. The van der Waals surface area contributed by atoms with Gasteiger partial charge in [-0.15, -0.1) is 0 Å². The zero-order valence-corrected chi connectivity index (χ0v) is 14.3. The number of carbonyl (C=O) groups is 1. The van der Waals surface area contributed by atoms with E-state index in [1.54, 1.807) is 37.6 Å². The molecule has 0 heterocycles. The van der Waals surface area contributed by atoms with Gasteiger partial charge in [-0.3, -0.25) is 4.79 Å². The van der Waals surface area contributed by atoms with Gasteiger partial charge in [0.15, 0.2) is 0 Å². The third-order valence-electron chi connectivity index (χ3n) is 3.62. The summed E-state index contributed by atoms with van der Waals surface area (Å²) in [6.07, 6.45) is 2.07. The van der Waals surface area contributed by atoms with Crippen molar-refractivity contribution in [3.63, 3.8) is 0 Å². The highest BCUT2D eigenvalue weighted by Gasteiger charge is 2.04. The monoisotopic (exact) mass is 336 g/mol. The molecule has 0 radical (unpaired) electrons. The van der Waals surface area contributed by atoms with E-state index in [-0.39, 0.29) is 5.91 Å². The first-order chi connectivity index (χ1) is 12.1. The SMILES string of the molecule is COc1ccc(C(=O)N/N=C/c2ccc(N(C)CCC#N)cc2)cc1. The summed E-state index contributed by atoms with van der Waals surface area (Å²) in [6, 6.07) is 16.6. The molecular formula is C19H20N4O2. The fourth-order valence-corrected chi connectivity index (χ4v) is 2.13. The molecule has 6 heteroatoms. The minimum atomic E-state index is -0.285. The molecule has 0 atom stereocenters. The van der Waals surface area contributed by atoms with E-state index in [9.17, 15) is 4.79 Å². The molecule has 0 aromatic heterocycles. The Kier molecular flexibility index (Phi) is 6.55. The van der Waals surface area contributed by atoms with Crippen LogP contribution in [0, 0.1) is 11.3 Å². The van der Waals surface area contributed by atoms with Gasteiger partial charge in [0.25, 0.3) is 5.91 Å². The highest BCUT2D eigenvalue weighted by molar-refractivity contribution is 5.95. The van der Waals surface area contributed by atoms with Crippen molar-refractivity contribution in [3.8, 4) is 11.8 Å². The number of hydrazone groups is 1. The molecule has 25 heavy (non-hydrogen) atoms. The van der Waals surface area contributed by atoms with E-state index < -0.39 is 0 Å². The van der Waals surface area contributed by atoms with Crippen molar-refractivity contribution in [3.05, 3.63) is 59.7 Å². The number of ether oxygens (including phenoxy) is 1. The number of nitriles is 1. The fourth-order valence-electron chi connectivity index (χ4n) is 2.13. The zero-order chi connectivity index (χ0) is 18.1. The van der Waals surface area contributed by atoms with Crippen LogP contribution >= 0.6 is 0 Å². The second-order valence-electron chi connectivity index (χ2n) is 5.35. The second-order valence-corrected chi connectivity index (χ2v) is 5.35. The number of carbonyl (C=O) groups excluding carboxylic acids is 1. The molecule has 0 spiro atoms. The summed E-state index contributed by atoms with van der Waals surface area (Å²) in [5.41, 5.74) is 4.89. The lowest BCUT2D eigenvalue weighted by Crippen LogP contribution is -2.18. The van der Waals surface area contributed by atoms with E-state index in [0.717, 1.165) is 11.3 Å². The first-order valence-corrected chi connectivity index (χ1v) is 7.79. The topological polar surface area (TPSA) is 77.7 Å². The predicted molar refractivity (Wildman–Crippen MR) is 98.0 cm³/mol. The summed E-state index contributed by atoms with van der Waals surface area (Å²) in [5.74, 6) is 0.409. The minimum Gasteiger partial charge on any atom is -0.497 e. The molecule has 2 aromatic rings. The molecule has 6 nitrogen and oxygen atoms in total. The molecule has 0 aliphatic carbocycles. The van der Waals surface area contributed by atoms with Gasteiger partial charge < -0.3 is 9.64 Å². The maximum Gasteiger partial charge on any atom is 0.271 e. The van der Waals surface area contributed by atoms with Crippen molar-refractivity contribution < 1.29 is 9.53 Å². The second kappa shape index (κ2) is 9.08. The van der Waals surface area contributed by atoms with Crippen LogP contribution in [0.25, 0.3) is 0 Å². The van der Waals surface area contributed by atoms with Gasteiger partial charge in [0.1, 0.15) is 5.75 Å². The van der Waals surface area contributed by atoms with Crippen LogP contribution < -0.4 is 15.1 Å². The van der Waals surface area contributed by atoms with Crippen LogP contribution in [0.4, 0.5) is 5.69 Å². The fraction of sp³-hybridized carbons (Fsp3) is 0.211. The van der Waals surface area contributed by atoms with Crippen LogP contribution in [0.3, 0.4) is 0 Å². The molecule has 0 saturated carbocycles. The van der Waals surface area contributed by atoms with Crippen LogP contribution in [0.5, 0.6) is 5.75 Å². The quantitative estimate of drug-likeness (QED) is 0.623. The lowest BCUT2D eigenvalue weighted by atomic mass is 10.2. The number of hydrogen-bond acceptors (Lipinski definition) is 5. The number of nitrogens with one attached hydrogen (secondary N) is 1. The van der Waals surface area contributed by atoms with Crippen LogP contribution in [-0.4, -0.2) is 32.8 Å². The normalized spacial score (nSPS) is 10.3. The van der Waals surface area contributed by atoms with Crippen molar-refractivity contribution in [2.45, 2.75) is 6.42 Å². The van der Waals surface area contributed by atoms with Gasteiger partial charge in [0.2, 0.25) is 0 Å². The number of benzene rings is 2. The third kappa shape index (κ3) is 5.36. The van der Waals surface area contributed by atoms with E-state index >= 15 is 0 Å². The Morgan fingerprint density at radius 2 is 1.92 bits per heavy atom. The van der Waals surface area contributed by atoms with Crippen LogP contribution in [0.2, 0.25) is 0 Å². The molecule has 0 aliphatic heterocycles. The van der Waals surface area contributed by atoms with E-state index in [1.165, 1.54) is 0 Å². The van der Waals surface area contributed by atoms with Gasteiger partial charge >= 0.3 is 0 Å². The smallest absolute Gasteiger partial charge is 0.271 e. The Balaban J connectivity index is 1.90. The molecular weight excluding hydrogens is 316 g/mol. The maximum absolute atomic E-state index is 12.0. The molecule has 0 saturated heterocycles. The minimum absolute atomic E-state index is 0.285. The predicted octanol–water partition coefficient (Wildman–Crippen LogP) is 2.81. The lowest BCUT2D eigenvalue weighted by Gasteiger charge is -2.17. The largest absolute Gasteiger partial charge is 0.497 e. The van der Waals surface area contributed by atoms with Crippen molar-refractivity contribution >= 4 is 17.8 Å². The molecule has 0 aliphatic rings. The molecule has 0 fully saturated rings.